The minimum absolute atomic E-state index is 0.0729. The number of carbonyl (C=O) groups is 2. The number of amides is 1. The van der Waals surface area contributed by atoms with Crippen LogP contribution in [0.1, 0.15) is 6.42 Å². The minimum atomic E-state index is -0.602. The topological polar surface area (TPSA) is 84.5 Å². The molecule has 0 fully saturated rings. The third kappa shape index (κ3) is 4.07. The molecule has 110 valence electrons. The van der Waals surface area contributed by atoms with Gasteiger partial charge in [-0.3, -0.25) is 9.69 Å². The van der Waals surface area contributed by atoms with Crippen molar-refractivity contribution < 1.29 is 19.1 Å². The van der Waals surface area contributed by atoms with Crippen LogP contribution >= 0.6 is 0 Å². The normalized spacial score (nSPS) is 9.95. The molecule has 0 aliphatic carbocycles. The van der Waals surface area contributed by atoms with Crippen LogP contribution in [0.2, 0.25) is 0 Å². The van der Waals surface area contributed by atoms with E-state index < -0.39 is 12.1 Å². The van der Waals surface area contributed by atoms with Gasteiger partial charge < -0.3 is 14.5 Å². The zero-order valence-electron chi connectivity index (χ0n) is 11.5. The summed E-state index contributed by atoms with van der Waals surface area (Å²) < 4.78 is 9.74. The van der Waals surface area contributed by atoms with Gasteiger partial charge in [-0.15, -0.1) is 0 Å². The summed E-state index contributed by atoms with van der Waals surface area (Å²) in [6, 6.07) is 8.94. The molecule has 2 rings (SSSR count). The predicted octanol–water partition coefficient (Wildman–Crippen LogP) is 1.98. The summed E-state index contributed by atoms with van der Waals surface area (Å²) in [4.78, 5) is 31.3. The summed E-state index contributed by atoms with van der Waals surface area (Å²) in [6.45, 7) is 0.156. The number of rotatable bonds is 5. The van der Waals surface area contributed by atoms with Gasteiger partial charge in [0.15, 0.2) is 0 Å². The van der Waals surface area contributed by atoms with Gasteiger partial charge in [0.2, 0.25) is 5.88 Å². The second-order valence-corrected chi connectivity index (χ2v) is 4.10. The third-order valence-corrected chi connectivity index (χ3v) is 2.73. The summed E-state index contributed by atoms with van der Waals surface area (Å²) in [5.74, 6) is -0.163. The number of carbonyl (C=O) groups excluding carboxylic acids is 2. The first-order valence-electron chi connectivity index (χ1n) is 6.30. The fourth-order valence-electron chi connectivity index (χ4n) is 1.69. The molecule has 1 N–H and O–H groups in total. The van der Waals surface area contributed by atoms with Crippen molar-refractivity contribution in [2.45, 2.75) is 6.42 Å². The highest BCUT2D eigenvalue weighted by Gasteiger charge is 2.19. The molecule has 7 heteroatoms. The third-order valence-electron chi connectivity index (χ3n) is 2.73. The Kier molecular flexibility index (Phi) is 4.92. The van der Waals surface area contributed by atoms with Crippen LogP contribution < -0.4 is 9.64 Å². The van der Waals surface area contributed by atoms with E-state index in [0.717, 1.165) is 0 Å². The molecule has 0 saturated carbocycles. The maximum atomic E-state index is 12.2. The van der Waals surface area contributed by atoms with E-state index in [9.17, 15) is 9.59 Å². The number of methoxy groups -OCH3 is 1. The molecule has 1 aromatic carbocycles. The second-order valence-electron chi connectivity index (χ2n) is 4.10. The summed E-state index contributed by atoms with van der Waals surface area (Å²) >= 11 is 0. The van der Waals surface area contributed by atoms with Crippen LogP contribution in [0.15, 0.2) is 42.9 Å². The van der Waals surface area contributed by atoms with Crippen LogP contribution in [0.3, 0.4) is 0 Å². The monoisotopic (exact) mass is 289 g/mol. The lowest BCUT2D eigenvalue weighted by Gasteiger charge is -2.21. The fraction of sp³-hybridized carbons (Fsp3) is 0.214. The predicted molar refractivity (Wildman–Crippen MR) is 75.0 cm³/mol. The highest BCUT2D eigenvalue weighted by atomic mass is 16.6. The van der Waals surface area contributed by atoms with Crippen LogP contribution in [0.4, 0.5) is 10.5 Å². The number of esters is 1. The van der Waals surface area contributed by atoms with E-state index in [0.29, 0.717) is 5.69 Å². The summed E-state index contributed by atoms with van der Waals surface area (Å²) in [7, 11) is 1.30. The number of hydrogen-bond acceptors (Lipinski definition) is 5. The maximum absolute atomic E-state index is 12.2. The van der Waals surface area contributed by atoms with E-state index in [1.165, 1.54) is 24.5 Å². The van der Waals surface area contributed by atoms with Crippen molar-refractivity contribution in [2.75, 3.05) is 18.6 Å². The molecule has 2 aromatic rings. The number of nitrogens with zero attached hydrogens (tertiary/aromatic N) is 2. The summed E-state index contributed by atoms with van der Waals surface area (Å²) in [5.41, 5.74) is 0.630. The Morgan fingerprint density at radius 2 is 2.05 bits per heavy atom. The van der Waals surface area contributed by atoms with Crippen LogP contribution in [0, 0.1) is 0 Å². The first-order valence-corrected chi connectivity index (χ1v) is 6.30. The number of anilines is 1. The first-order chi connectivity index (χ1) is 10.2. The van der Waals surface area contributed by atoms with E-state index in [1.807, 2.05) is 6.07 Å². The fourth-order valence-corrected chi connectivity index (χ4v) is 1.69. The lowest BCUT2D eigenvalue weighted by atomic mass is 10.3. The molecule has 1 amide bonds. The molecule has 1 aromatic heterocycles. The Morgan fingerprint density at radius 1 is 1.29 bits per heavy atom. The number of para-hydroxylation sites is 1. The maximum Gasteiger partial charge on any atom is 0.421 e. The molecule has 0 aliphatic rings. The highest BCUT2D eigenvalue weighted by molar-refractivity contribution is 5.89. The number of aromatic nitrogens is 2. The number of imidazole rings is 1. The first kappa shape index (κ1) is 14.6. The largest absolute Gasteiger partial charge is 0.469 e. The number of benzene rings is 1. The Morgan fingerprint density at radius 3 is 2.67 bits per heavy atom. The molecular formula is C14H15N3O4. The van der Waals surface area contributed by atoms with Crippen molar-refractivity contribution in [1.29, 1.82) is 0 Å². The van der Waals surface area contributed by atoms with Crippen molar-refractivity contribution >= 4 is 17.7 Å². The van der Waals surface area contributed by atoms with Crippen LogP contribution in [0.25, 0.3) is 0 Å². The van der Waals surface area contributed by atoms with Crippen molar-refractivity contribution in [3.8, 4) is 5.88 Å². The Bertz CT molecular complexity index is 584. The number of hydrogen-bond donors (Lipinski definition) is 1. The van der Waals surface area contributed by atoms with E-state index >= 15 is 0 Å². The van der Waals surface area contributed by atoms with E-state index in [4.69, 9.17) is 4.74 Å². The van der Waals surface area contributed by atoms with Gasteiger partial charge in [-0.1, -0.05) is 18.2 Å². The Balaban J connectivity index is 2.11. The Labute approximate surface area is 121 Å². The standard InChI is InChI=1S/C14H15N3O4/c1-20-13(18)7-8-17(11-5-3-2-4-6-11)14(19)21-12-9-15-10-16-12/h2-6,9-10H,7-8H2,1H3,(H,15,16). The molecule has 0 atom stereocenters. The summed E-state index contributed by atoms with van der Waals surface area (Å²) in [5, 5.41) is 0. The number of ether oxygens (including phenoxy) is 2. The molecule has 21 heavy (non-hydrogen) atoms. The molecule has 0 spiro atoms. The molecule has 1 heterocycles. The van der Waals surface area contributed by atoms with Crippen molar-refractivity contribution in [3.63, 3.8) is 0 Å². The molecule has 0 saturated heterocycles. The molecule has 7 nitrogen and oxygen atoms in total. The average molecular weight is 289 g/mol. The van der Waals surface area contributed by atoms with Gasteiger partial charge >= 0.3 is 12.1 Å². The van der Waals surface area contributed by atoms with Gasteiger partial charge in [-0.25, -0.2) is 9.78 Å². The smallest absolute Gasteiger partial charge is 0.421 e. The van der Waals surface area contributed by atoms with Gasteiger partial charge in [0.25, 0.3) is 0 Å². The molecular weight excluding hydrogens is 274 g/mol. The molecule has 0 radical (unpaired) electrons. The summed E-state index contributed by atoms with van der Waals surface area (Å²) in [6.07, 6.45) is 2.27. The van der Waals surface area contributed by atoms with Crippen molar-refractivity contribution in [2.24, 2.45) is 0 Å². The zero-order chi connectivity index (χ0) is 15.1. The van der Waals surface area contributed by atoms with Crippen molar-refractivity contribution in [1.82, 2.24) is 9.97 Å². The van der Waals surface area contributed by atoms with E-state index in [1.54, 1.807) is 24.3 Å². The van der Waals surface area contributed by atoms with Crippen LogP contribution in [0.5, 0.6) is 5.88 Å². The van der Waals surface area contributed by atoms with E-state index in [-0.39, 0.29) is 18.8 Å². The number of aromatic amines is 1. The number of H-pyrrole nitrogens is 1. The van der Waals surface area contributed by atoms with Gasteiger partial charge in [-0.05, 0) is 12.1 Å². The van der Waals surface area contributed by atoms with Gasteiger partial charge in [0.05, 0.1) is 26.1 Å². The van der Waals surface area contributed by atoms with Crippen LogP contribution in [-0.2, 0) is 9.53 Å². The molecule has 0 aliphatic heterocycles. The van der Waals surface area contributed by atoms with Gasteiger partial charge in [0.1, 0.15) is 0 Å². The van der Waals surface area contributed by atoms with Crippen LogP contribution in [-0.4, -0.2) is 35.7 Å². The lowest BCUT2D eigenvalue weighted by molar-refractivity contribution is -0.140. The average Bonchev–Trinajstić information content (AvgIpc) is 3.01. The van der Waals surface area contributed by atoms with Gasteiger partial charge in [0, 0.05) is 12.2 Å². The SMILES string of the molecule is COC(=O)CCN(C(=O)Oc1cnc[nH]1)c1ccccc1. The lowest BCUT2D eigenvalue weighted by Crippen LogP contribution is -2.35. The second kappa shape index (κ2) is 7.09. The number of nitrogens with one attached hydrogen (secondary N) is 1. The highest BCUT2D eigenvalue weighted by Crippen LogP contribution is 2.16. The Hall–Kier alpha value is -2.83. The van der Waals surface area contributed by atoms with Gasteiger partial charge in [-0.2, -0.15) is 0 Å². The molecule has 0 unspecified atom stereocenters. The molecule has 0 bridgehead atoms. The zero-order valence-corrected chi connectivity index (χ0v) is 11.5. The minimum Gasteiger partial charge on any atom is -0.469 e. The van der Waals surface area contributed by atoms with Crippen molar-refractivity contribution in [3.05, 3.63) is 42.9 Å². The quantitative estimate of drug-likeness (QED) is 0.851. The van der Waals surface area contributed by atoms with E-state index in [2.05, 4.69) is 14.7 Å².